The summed E-state index contributed by atoms with van der Waals surface area (Å²) < 4.78 is 19.0. The van der Waals surface area contributed by atoms with E-state index in [0.29, 0.717) is 19.7 Å². The van der Waals surface area contributed by atoms with Crippen molar-refractivity contribution in [2.75, 3.05) is 27.2 Å². The van der Waals surface area contributed by atoms with Crippen molar-refractivity contribution in [3.05, 3.63) is 65.5 Å². The largest absolute Gasteiger partial charge is 0.492 e. The molecular formula is C21H27FN2O2. The third kappa shape index (κ3) is 5.85. The Bertz CT molecular complexity index is 718. The van der Waals surface area contributed by atoms with Gasteiger partial charge in [-0.15, -0.1) is 0 Å². The summed E-state index contributed by atoms with van der Waals surface area (Å²) >= 11 is 0. The van der Waals surface area contributed by atoms with Gasteiger partial charge in [0.05, 0.1) is 6.04 Å². The fraction of sp³-hybridized carbons (Fsp3) is 0.381. The second kappa shape index (κ2) is 9.34. The van der Waals surface area contributed by atoms with E-state index in [4.69, 9.17) is 4.74 Å². The number of carbonyl (C=O) groups is 1. The number of hydrogen-bond acceptors (Lipinski definition) is 3. The van der Waals surface area contributed by atoms with E-state index < -0.39 is 0 Å². The Labute approximate surface area is 155 Å². The Balaban J connectivity index is 1.81. The van der Waals surface area contributed by atoms with E-state index in [-0.39, 0.29) is 17.8 Å². The summed E-state index contributed by atoms with van der Waals surface area (Å²) in [5.74, 6) is 0.528. The van der Waals surface area contributed by atoms with E-state index in [0.717, 1.165) is 11.3 Å². The summed E-state index contributed by atoms with van der Waals surface area (Å²) in [5.41, 5.74) is 1.97. The first-order valence-electron chi connectivity index (χ1n) is 8.76. The van der Waals surface area contributed by atoms with Gasteiger partial charge in [-0.2, -0.15) is 0 Å². The average Bonchev–Trinajstić information content (AvgIpc) is 2.62. The van der Waals surface area contributed by atoms with E-state index in [9.17, 15) is 9.18 Å². The quantitative estimate of drug-likeness (QED) is 0.724. The van der Waals surface area contributed by atoms with Crippen molar-refractivity contribution in [3.8, 4) is 5.75 Å². The maximum atomic E-state index is 13.3. The number of amides is 1. The van der Waals surface area contributed by atoms with Gasteiger partial charge in [0.1, 0.15) is 18.2 Å². The minimum atomic E-state index is -0.290. The number of halogens is 1. The molecule has 2 aromatic rings. The molecule has 2 rings (SSSR count). The van der Waals surface area contributed by atoms with Crippen LogP contribution in [0.4, 0.5) is 4.39 Å². The summed E-state index contributed by atoms with van der Waals surface area (Å²) in [6.07, 6.45) is 0. The molecule has 0 aliphatic carbocycles. The van der Waals surface area contributed by atoms with Crippen LogP contribution in [-0.4, -0.2) is 49.0 Å². The van der Waals surface area contributed by atoms with Crippen molar-refractivity contribution in [1.29, 1.82) is 0 Å². The zero-order chi connectivity index (χ0) is 19.1. The maximum Gasteiger partial charge on any atom is 0.239 e. The number of carbonyl (C=O) groups excluding carboxylic acids is 1. The minimum Gasteiger partial charge on any atom is -0.492 e. The van der Waals surface area contributed by atoms with Crippen LogP contribution in [0.2, 0.25) is 0 Å². The molecular weight excluding hydrogens is 331 g/mol. The lowest BCUT2D eigenvalue weighted by Crippen LogP contribution is -2.45. The van der Waals surface area contributed by atoms with E-state index >= 15 is 0 Å². The summed E-state index contributed by atoms with van der Waals surface area (Å²) in [5, 5.41) is 0. The fourth-order valence-electron chi connectivity index (χ4n) is 2.63. The Hall–Kier alpha value is -2.40. The van der Waals surface area contributed by atoms with Gasteiger partial charge in [0.2, 0.25) is 5.91 Å². The van der Waals surface area contributed by atoms with Crippen LogP contribution in [-0.2, 0) is 11.3 Å². The highest BCUT2D eigenvalue weighted by molar-refractivity contribution is 5.81. The van der Waals surface area contributed by atoms with Gasteiger partial charge in [0.25, 0.3) is 0 Å². The molecule has 0 heterocycles. The number of hydrogen-bond donors (Lipinski definition) is 0. The Kier molecular flexibility index (Phi) is 7.16. The highest BCUT2D eigenvalue weighted by atomic mass is 19.1. The van der Waals surface area contributed by atoms with Crippen LogP contribution in [0.15, 0.2) is 48.5 Å². The van der Waals surface area contributed by atoms with Crippen molar-refractivity contribution in [3.63, 3.8) is 0 Å². The van der Waals surface area contributed by atoms with Crippen LogP contribution in [0, 0.1) is 12.7 Å². The van der Waals surface area contributed by atoms with Crippen molar-refractivity contribution in [1.82, 2.24) is 9.80 Å². The summed E-state index contributed by atoms with van der Waals surface area (Å²) in [7, 11) is 3.64. The smallest absolute Gasteiger partial charge is 0.239 e. The zero-order valence-corrected chi connectivity index (χ0v) is 15.9. The van der Waals surface area contributed by atoms with Gasteiger partial charge in [-0.3, -0.25) is 9.69 Å². The number of nitrogens with zero attached hydrogens (tertiary/aromatic N) is 2. The molecule has 0 saturated heterocycles. The van der Waals surface area contributed by atoms with Gasteiger partial charge >= 0.3 is 0 Å². The lowest BCUT2D eigenvalue weighted by Gasteiger charge is -2.28. The molecule has 1 atom stereocenters. The molecule has 26 heavy (non-hydrogen) atoms. The van der Waals surface area contributed by atoms with Crippen LogP contribution < -0.4 is 4.74 Å². The molecule has 1 amide bonds. The number of aryl methyl sites for hydroxylation is 1. The van der Waals surface area contributed by atoms with Crippen LogP contribution in [0.25, 0.3) is 0 Å². The van der Waals surface area contributed by atoms with Crippen LogP contribution in [0.1, 0.15) is 18.1 Å². The molecule has 5 heteroatoms. The van der Waals surface area contributed by atoms with E-state index in [1.165, 1.54) is 17.7 Å². The van der Waals surface area contributed by atoms with Gasteiger partial charge in [-0.1, -0.05) is 29.8 Å². The number of likely N-dealkylation sites (N-methyl/N-ethyl adjacent to an activating group) is 2. The highest BCUT2D eigenvalue weighted by Crippen LogP contribution is 2.12. The molecule has 0 aliphatic rings. The molecule has 140 valence electrons. The van der Waals surface area contributed by atoms with Gasteiger partial charge in [0.15, 0.2) is 0 Å². The molecule has 0 N–H and O–H groups in total. The van der Waals surface area contributed by atoms with Crippen molar-refractivity contribution in [2.24, 2.45) is 0 Å². The number of rotatable bonds is 8. The van der Waals surface area contributed by atoms with Gasteiger partial charge < -0.3 is 9.64 Å². The number of ether oxygens (including phenoxy) is 1. The Morgan fingerprint density at radius 2 is 1.85 bits per heavy atom. The standard InChI is InChI=1S/C21H27FN2O2/c1-16-8-10-20(11-9-16)26-13-12-23(3)17(2)21(25)24(4)15-18-6-5-7-19(22)14-18/h5-11,14,17H,12-13,15H2,1-4H3. The molecule has 0 bridgehead atoms. The third-order valence-electron chi connectivity index (χ3n) is 4.44. The van der Waals surface area contributed by atoms with Crippen molar-refractivity contribution >= 4 is 5.91 Å². The van der Waals surface area contributed by atoms with Crippen molar-refractivity contribution in [2.45, 2.75) is 26.4 Å². The molecule has 2 aromatic carbocycles. The topological polar surface area (TPSA) is 32.8 Å². The lowest BCUT2D eigenvalue weighted by atomic mass is 10.2. The average molecular weight is 358 g/mol. The second-order valence-corrected chi connectivity index (χ2v) is 6.64. The maximum absolute atomic E-state index is 13.3. The molecule has 0 aromatic heterocycles. The highest BCUT2D eigenvalue weighted by Gasteiger charge is 2.21. The first-order valence-corrected chi connectivity index (χ1v) is 8.76. The summed E-state index contributed by atoms with van der Waals surface area (Å²) in [6.45, 7) is 5.43. The summed E-state index contributed by atoms with van der Waals surface area (Å²) in [6, 6.07) is 13.9. The van der Waals surface area contributed by atoms with E-state index in [1.54, 1.807) is 18.0 Å². The van der Waals surface area contributed by atoms with Gasteiger partial charge in [-0.05, 0) is 50.7 Å². The van der Waals surface area contributed by atoms with Gasteiger partial charge in [0, 0.05) is 20.1 Å². The molecule has 0 saturated carbocycles. The lowest BCUT2D eigenvalue weighted by molar-refractivity contribution is -0.135. The Morgan fingerprint density at radius 3 is 2.50 bits per heavy atom. The third-order valence-corrected chi connectivity index (χ3v) is 4.44. The molecule has 0 fully saturated rings. The SMILES string of the molecule is Cc1ccc(OCCN(C)C(C)C(=O)N(C)Cc2cccc(F)c2)cc1. The fourth-order valence-corrected chi connectivity index (χ4v) is 2.63. The van der Waals surface area contributed by atoms with E-state index in [1.807, 2.05) is 56.1 Å². The molecule has 0 aliphatic heterocycles. The van der Waals surface area contributed by atoms with Gasteiger partial charge in [-0.25, -0.2) is 4.39 Å². The monoisotopic (exact) mass is 358 g/mol. The molecule has 0 radical (unpaired) electrons. The molecule has 0 spiro atoms. The normalized spacial score (nSPS) is 12.1. The first kappa shape index (κ1) is 19.9. The summed E-state index contributed by atoms with van der Waals surface area (Å²) in [4.78, 5) is 16.2. The number of benzene rings is 2. The van der Waals surface area contributed by atoms with E-state index in [2.05, 4.69) is 0 Å². The Morgan fingerprint density at radius 1 is 1.15 bits per heavy atom. The predicted octanol–water partition coefficient (Wildman–Crippen LogP) is 3.49. The molecule has 4 nitrogen and oxygen atoms in total. The molecule has 1 unspecified atom stereocenters. The zero-order valence-electron chi connectivity index (χ0n) is 15.9. The minimum absolute atomic E-state index is 0.00732. The van der Waals surface area contributed by atoms with Crippen molar-refractivity contribution < 1.29 is 13.9 Å². The van der Waals surface area contributed by atoms with Crippen LogP contribution in [0.3, 0.4) is 0 Å². The first-order chi connectivity index (χ1) is 12.4. The van der Waals surface area contributed by atoms with Crippen LogP contribution >= 0.6 is 0 Å². The predicted molar refractivity (Wildman–Crippen MR) is 102 cm³/mol. The second-order valence-electron chi connectivity index (χ2n) is 6.64. The van der Waals surface area contributed by atoms with Crippen LogP contribution in [0.5, 0.6) is 5.75 Å².